The molecule has 0 saturated heterocycles. The van der Waals surface area contributed by atoms with E-state index in [1.54, 1.807) is 0 Å². The van der Waals surface area contributed by atoms with Crippen LogP contribution in [0.15, 0.2) is 0 Å². The van der Waals surface area contributed by atoms with Crippen molar-refractivity contribution in [2.45, 2.75) is 51.4 Å². The summed E-state index contributed by atoms with van der Waals surface area (Å²) in [6.45, 7) is 1.98. The summed E-state index contributed by atoms with van der Waals surface area (Å²) in [7, 11) is 0. The van der Waals surface area contributed by atoms with Crippen LogP contribution in [0.1, 0.15) is 51.4 Å². The Morgan fingerprint density at radius 2 is 0.640 bits per heavy atom. The number of rotatable bonds is 20. The first-order valence-electron chi connectivity index (χ1n) is 9.24. The van der Waals surface area contributed by atoms with Crippen molar-refractivity contribution in [3.63, 3.8) is 0 Å². The Morgan fingerprint density at radius 1 is 0.400 bits per heavy atom. The van der Waals surface area contributed by atoms with Crippen LogP contribution in [-0.4, -0.2) is 73.3 Å². The second-order valence-electron chi connectivity index (χ2n) is 5.62. The van der Waals surface area contributed by atoms with Crippen LogP contribution in [0, 0.1) is 0 Å². The topological polar surface area (TPSA) is 118 Å². The first kappa shape index (κ1) is 25.4. The van der Waals surface area contributed by atoms with Crippen LogP contribution in [0.25, 0.3) is 0 Å². The van der Waals surface area contributed by atoms with Crippen LogP contribution >= 0.6 is 0 Å². The van der Waals surface area contributed by atoms with Gasteiger partial charge in [0.15, 0.2) is 0 Å². The molecule has 152 valence electrons. The molecule has 0 aromatic heterocycles. The zero-order valence-corrected chi connectivity index (χ0v) is 16.8. The van der Waals surface area contributed by atoms with E-state index in [9.17, 15) is 0 Å². The van der Waals surface area contributed by atoms with Gasteiger partial charge in [0, 0.05) is 0 Å². The minimum atomic E-state index is -3.91. The van der Waals surface area contributed by atoms with Crippen molar-refractivity contribution in [2.24, 2.45) is 0 Å². The summed E-state index contributed by atoms with van der Waals surface area (Å²) >= 11 is -3.91. The maximum absolute atomic E-state index is 8.89. The number of aliphatic hydroxyl groups excluding tert-OH is 4. The average molecular weight is 404 g/mol. The Morgan fingerprint density at radius 3 is 0.840 bits per heavy atom. The molecule has 0 aromatic carbocycles. The molecule has 0 unspecified atom stereocenters. The zero-order chi connectivity index (χ0) is 18.6. The van der Waals surface area contributed by atoms with Crippen molar-refractivity contribution in [3.8, 4) is 0 Å². The number of unbranched alkanes of at least 4 members (excludes halogenated alkanes) is 4. The number of hydrogen-bond donors (Lipinski definition) is 4. The van der Waals surface area contributed by atoms with Crippen molar-refractivity contribution in [2.75, 3.05) is 52.9 Å². The molecule has 4 N–H and O–H groups in total. The van der Waals surface area contributed by atoms with Crippen molar-refractivity contribution < 1.29 is 51.8 Å². The van der Waals surface area contributed by atoms with Gasteiger partial charge in [-0.1, -0.05) is 0 Å². The van der Waals surface area contributed by atoms with E-state index in [2.05, 4.69) is 0 Å². The van der Waals surface area contributed by atoms with Crippen molar-refractivity contribution in [1.29, 1.82) is 0 Å². The molecule has 9 heteroatoms. The normalized spacial score (nSPS) is 12.0. The van der Waals surface area contributed by atoms with Crippen LogP contribution in [-0.2, 0) is 31.4 Å². The second kappa shape index (κ2) is 19.2. The van der Waals surface area contributed by atoms with E-state index in [-0.39, 0.29) is 26.4 Å². The maximum atomic E-state index is 8.89. The number of aliphatic hydroxyl groups is 4. The molecule has 0 aliphatic heterocycles. The zero-order valence-electron chi connectivity index (χ0n) is 15.2. The van der Waals surface area contributed by atoms with Crippen LogP contribution in [0.2, 0.25) is 0 Å². The first-order valence-corrected chi connectivity index (χ1v) is 11.8. The molecule has 0 bridgehead atoms. The van der Waals surface area contributed by atoms with Gasteiger partial charge in [-0.15, -0.1) is 0 Å². The summed E-state index contributed by atoms with van der Waals surface area (Å²) in [5.41, 5.74) is 0. The summed E-state index contributed by atoms with van der Waals surface area (Å²) in [5, 5.41) is 35.6. The molecule has 0 aromatic rings. The molecule has 0 atom stereocenters. The molecule has 0 fully saturated rings. The fraction of sp³-hybridized carbons (Fsp3) is 1.00. The minimum absolute atomic E-state index is 0.107. The third kappa shape index (κ3) is 15.2. The summed E-state index contributed by atoms with van der Waals surface area (Å²) in [5.74, 6) is 0. The molecule has 0 heterocycles. The van der Waals surface area contributed by atoms with E-state index < -0.39 is 18.1 Å². The molecule has 0 aliphatic rings. The molecule has 0 radical (unpaired) electrons. The molecule has 25 heavy (non-hydrogen) atoms. The summed E-state index contributed by atoms with van der Waals surface area (Å²) in [6.07, 6.45) is 5.28. The quantitative estimate of drug-likeness (QED) is 0.175. The van der Waals surface area contributed by atoms with E-state index in [4.69, 9.17) is 33.7 Å². The molecular formula is C16H36O8Ti. The van der Waals surface area contributed by atoms with Crippen LogP contribution in [0.5, 0.6) is 0 Å². The van der Waals surface area contributed by atoms with Gasteiger partial charge >= 0.3 is 156 Å². The first-order chi connectivity index (χ1) is 12.2. The van der Waals surface area contributed by atoms with Gasteiger partial charge in [-0.2, -0.15) is 0 Å². The van der Waals surface area contributed by atoms with Crippen LogP contribution in [0.3, 0.4) is 0 Å². The molecule has 0 saturated carbocycles. The fourth-order valence-corrected chi connectivity index (χ4v) is 5.14. The van der Waals surface area contributed by atoms with E-state index in [0.29, 0.717) is 77.8 Å². The van der Waals surface area contributed by atoms with Crippen LogP contribution in [0.4, 0.5) is 0 Å². The van der Waals surface area contributed by atoms with Gasteiger partial charge in [-0.25, -0.2) is 0 Å². The Bertz CT molecular complexity index is 217. The van der Waals surface area contributed by atoms with Gasteiger partial charge in [0.2, 0.25) is 0 Å². The number of hydrogen-bond acceptors (Lipinski definition) is 8. The monoisotopic (exact) mass is 404 g/mol. The molecular weight excluding hydrogens is 368 g/mol. The summed E-state index contributed by atoms with van der Waals surface area (Å²) in [6, 6.07) is 0. The third-order valence-electron chi connectivity index (χ3n) is 3.33. The van der Waals surface area contributed by atoms with Gasteiger partial charge in [0.05, 0.1) is 0 Å². The van der Waals surface area contributed by atoms with E-state index in [1.807, 2.05) is 0 Å². The van der Waals surface area contributed by atoms with Gasteiger partial charge in [-0.05, 0) is 0 Å². The van der Waals surface area contributed by atoms with E-state index >= 15 is 0 Å². The summed E-state index contributed by atoms with van der Waals surface area (Å²) < 4.78 is 23.6. The molecule has 0 amide bonds. The Kier molecular flexibility index (Phi) is 19.5. The predicted molar refractivity (Wildman–Crippen MR) is 89.1 cm³/mol. The van der Waals surface area contributed by atoms with Crippen LogP contribution < -0.4 is 0 Å². The average Bonchev–Trinajstić information content (AvgIpc) is 2.63. The van der Waals surface area contributed by atoms with E-state index in [0.717, 1.165) is 0 Å². The van der Waals surface area contributed by atoms with Gasteiger partial charge in [0.1, 0.15) is 0 Å². The Labute approximate surface area is 156 Å². The predicted octanol–water partition coefficient (Wildman–Crippen LogP) is 0.957. The Balaban J connectivity index is 4.62. The van der Waals surface area contributed by atoms with Gasteiger partial charge in [-0.3, -0.25) is 0 Å². The molecule has 8 nitrogen and oxygen atoms in total. The van der Waals surface area contributed by atoms with Gasteiger partial charge < -0.3 is 0 Å². The molecule has 0 rings (SSSR count). The molecule has 0 spiro atoms. The van der Waals surface area contributed by atoms with E-state index in [1.165, 1.54) is 0 Å². The SMILES string of the molecule is OCCCC[O][Ti]([O]CCCCO)([O]CCCCO)[O]CCCCO. The summed E-state index contributed by atoms with van der Waals surface area (Å²) in [4.78, 5) is 0. The third-order valence-corrected chi connectivity index (χ3v) is 6.81. The Hall–Kier alpha value is 0.394. The van der Waals surface area contributed by atoms with Crippen molar-refractivity contribution in [3.05, 3.63) is 0 Å². The van der Waals surface area contributed by atoms with Crippen molar-refractivity contribution >= 4 is 0 Å². The molecule has 0 aliphatic carbocycles. The van der Waals surface area contributed by atoms with Crippen molar-refractivity contribution in [1.82, 2.24) is 0 Å². The standard InChI is InChI=1S/4C4H9O2.Ti/c4*5-3-1-2-4-6;/h4*5H,1-4H2;/q4*-1;+4. The second-order valence-corrected chi connectivity index (χ2v) is 8.98. The fourth-order valence-electron chi connectivity index (χ4n) is 1.89. The van der Waals surface area contributed by atoms with Gasteiger partial charge in [0.25, 0.3) is 0 Å².